The van der Waals surface area contributed by atoms with Crippen molar-refractivity contribution in [2.75, 3.05) is 6.61 Å². The number of nitriles is 1. The number of aromatic nitrogens is 2. The third-order valence-electron chi connectivity index (χ3n) is 1.18. The topological polar surface area (TPSA) is 78.8 Å². The summed E-state index contributed by atoms with van der Waals surface area (Å²) in [6.07, 6.45) is 0. The summed E-state index contributed by atoms with van der Waals surface area (Å²) in [5, 5.41) is 14.4. The van der Waals surface area contributed by atoms with Gasteiger partial charge in [-0.1, -0.05) is 0 Å². The fourth-order valence-corrected chi connectivity index (χ4v) is 0.694. The van der Waals surface area contributed by atoms with Crippen LogP contribution in [0.1, 0.15) is 16.2 Å². The second-order valence-corrected chi connectivity index (χ2v) is 2.17. The predicted molar refractivity (Wildman–Crippen MR) is 39.2 cm³/mol. The minimum Gasteiger partial charge on any atom is -0.445 e. The van der Waals surface area contributed by atoms with Gasteiger partial charge in [-0.25, -0.2) is 4.79 Å². The van der Waals surface area contributed by atoms with Gasteiger partial charge in [0.25, 0.3) is 0 Å². The first kappa shape index (κ1) is 8.27. The van der Waals surface area contributed by atoms with E-state index in [2.05, 4.69) is 14.9 Å². The lowest BCUT2D eigenvalue weighted by molar-refractivity contribution is 0.0548. The summed E-state index contributed by atoms with van der Waals surface area (Å²) < 4.78 is 4.51. The van der Waals surface area contributed by atoms with Crippen LogP contribution in [0.3, 0.4) is 0 Å². The van der Waals surface area contributed by atoms with Crippen LogP contribution in [0.4, 0.5) is 0 Å². The molecule has 0 spiro atoms. The van der Waals surface area contributed by atoms with Gasteiger partial charge in [-0.05, 0) is 13.0 Å². The minimum atomic E-state index is -0.582. The Bertz CT molecular complexity index is 324. The molecule has 1 rings (SSSR count). The van der Waals surface area contributed by atoms with Crippen molar-refractivity contribution in [3.63, 3.8) is 0 Å². The summed E-state index contributed by atoms with van der Waals surface area (Å²) in [5.74, 6) is -0.582. The Morgan fingerprint density at radius 1 is 1.92 bits per heavy atom. The zero-order chi connectivity index (χ0) is 8.97. The average Bonchev–Trinajstić information content (AvgIpc) is 2.47. The van der Waals surface area contributed by atoms with E-state index in [1.165, 1.54) is 0 Å². The maximum Gasteiger partial charge on any atom is 0.359 e. The molecule has 5 heteroatoms. The standard InChI is InChI=1S/C7H7N3O2/c1-5-4-6(10-9-5)7(11)12-3-2-8/h4H,3H2,1H3,(H,9,10). The van der Waals surface area contributed by atoms with E-state index < -0.39 is 5.97 Å². The number of ether oxygens (including phenoxy) is 1. The monoisotopic (exact) mass is 165 g/mol. The smallest absolute Gasteiger partial charge is 0.359 e. The molecule has 0 aliphatic rings. The molecule has 1 heterocycles. The number of hydrogen-bond donors (Lipinski definition) is 1. The Balaban J connectivity index is 2.61. The molecule has 0 radical (unpaired) electrons. The molecule has 62 valence electrons. The summed E-state index contributed by atoms with van der Waals surface area (Å²) in [6.45, 7) is 1.53. The van der Waals surface area contributed by atoms with Crippen LogP contribution >= 0.6 is 0 Å². The molecule has 0 aliphatic heterocycles. The lowest BCUT2D eigenvalue weighted by Gasteiger charge is -1.93. The van der Waals surface area contributed by atoms with Crippen LogP contribution in [0.25, 0.3) is 0 Å². The molecule has 5 nitrogen and oxygen atoms in total. The lowest BCUT2D eigenvalue weighted by Crippen LogP contribution is -2.05. The largest absolute Gasteiger partial charge is 0.445 e. The Hall–Kier alpha value is -1.83. The summed E-state index contributed by atoms with van der Waals surface area (Å²) in [7, 11) is 0. The van der Waals surface area contributed by atoms with Gasteiger partial charge in [-0.15, -0.1) is 0 Å². The van der Waals surface area contributed by atoms with E-state index in [0.29, 0.717) is 0 Å². The minimum absolute atomic E-state index is 0.197. The van der Waals surface area contributed by atoms with E-state index >= 15 is 0 Å². The number of H-pyrrole nitrogens is 1. The molecule has 0 saturated carbocycles. The molecular weight excluding hydrogens is 158 g/mol. The number of carbonyl (C=O) groups is 1. The van der Waals surface area contributed by atoms with Crippen LogP contribution in [0.2, 0.25) is 0 Å². The lowest BCUT2D eigenvalue weighted by atomic mass is 10.4. The van der Waals surface area contributed by atoms with Crippen molar-refractivity contribution in [2.24, 2.45) is 0 Å². The molecule has 12 heavy (non-hydrogen) atoms. The number of carbonyl (C=O) groups excluding carboxylic acids is 1. The maximum absolute atomic E-state index is 11.0. The van der Waals surface area contributed by atoms with Crippen molar-refractivity contribution in [3.8, 4) is 6.07 Å². The second-order valence-electron chi connectivity index (χ2n) is 2.17. The van der Waals surface area contributed by atoms with Gasteiger partial charge in [0.2, 0.25) is 0 Å². The molecular formula is C7H7N3O2. The number of nitrogens with zero attached hydrogens (tertiary/aromatic N) is 2. The summed E-state index contributed by atoms with van der Waals surface area (Å²) in [4.78, 5) is 11.0. The fraction of sp³-hybridized carbons (Fsp3) is 0.286. The molecule has 0 aromatic carbocycles. The average molecular weight is 165 g/mol. The van der Waals surface area contributed by atoms with E-state index in [-0.39, 0.29) is 12.3 Å². The van der Waals surface area contributed by atoms with Crippen molar-refractivity contribution in [1.82, 2.24) is 10.2 Å². The van der Waals surface area contributed by atoms with Gasteiger partial charge < -0.3 is 4.74 Å². The molecule has 1 aromatic rings. The van der Waals surface area contributed by atoms with E-state index in [4.69, 9.17) is 5.26 Å². The zero-order valence-corrected chi connectivity index (χ0v) is 6.50. The Morgan fingerprint density at radius 2 is 2.67 bits per heavy atom. The van der Waals surface area contributed by atoms with Gasteiger partial charge in [-0.3, -0.25) is 5.10 Å². The SMILES string of the molecule is Cc1cc(C(=O)OCC#N)n[nH]1. The maximum atomic E-state index is 11.0. The van der Waals surface area contributed by atoms with Crippen LogP contribution in [-0.2, 0) is 4.74 Å². The van der Waals surface area contributed by atoms with Gasteiger partial charge in [-0.2, -0.15) is 10.4 Å². The molecule has 1 aromatic heterocycles. The highest BCUT2D eigenvalue weighted by atomic mass is 16.5. The van der Waals surface area contributed by atoms with Crippen LogP contribution in [-0.4, -0.2) is 22.8 Å². The third kappa shape index (κ3) is 1.83. The van der Waals surface area contributed by atoms with E-state index in [9.17, 15) is 4.79 Å². The van der Waals surface area contributed by atoms with E-state index in [1.54, 1.807) is 19.1 Å². The predicted octanol–water partition coefficient (Wildman–Crippen LogP) is 0.398. The summed E-state index contributed by atoms with van der Waals surface area (Å²) >= 11 is 0. The molecule has 0 bridgehead atoms. The highest BCUT2D eigenvalue weighted by molar-refractivity contribution is 5.87. The summed E-state index contributed by atoms with van der Waals surface area (Å²) in [5.41, 5.74) is 0.974. The van der Waals surface area contributed by atoms with Crippen molar-refractivity contribution in [1.29, 1.82) is 5.26 Å². The Kier molecular flexibility index (Phi) is 2.43. The normalized spacial score (nSPS) is 9.00. The fourth-order valence-electron chi connectivity index (χ4n) is 0.694. The van der Waals surface area contributed by atoms with Crippen LogP contribution in [0.15, 0.2) is 6.07 Å². The summed E-state index contributed by atoms with van der Waals surface area (Å²) in [6, 6.07) is 3.25. The van der Waals surface area contributed by atoms with Gasteiger partial charge in [0.15, 0.2) is 12.3 Å². The van der Waals surface area contributed by atoms with Crippen molar-refractivity contribution in [2.45, 2.75) is 6.92 Å². The first-order valence-corrected chi connectivity index (χ1v) is 3.30. The Morgan fingerprint density at radius 3 is 3.17 bits per heavy atom. The first-order valence-electron chi connectivity index (χ1n) is 3.30. The number of hydrogen-bond acceptors (Lipinski definition) is 4. The van der Waals surface area contributed by atoms with E-state index in [0.717, 1.165) is 5.69 Å². The van der Waals surface area contributed by atoms with Crippen molar-refractivity contribution < 1.29 is 9.53 Å². The molecule has 0 unspecified atom stereocenters. The van der Waals surface area contributed by atoms with Gasteiger partial charge in [0.1, 0.15) is 6.07 Å². The number of esters is 1. The molecule has 0 atom stereocenters. The molecule has 1 N–H and O–H groups in total. The number of rotatable bonds is 2. The van der Waals surface area contributed by atoms with Crippen LogP contribution < -0.4 is 0 Å². The second kappa shape index (κ2) is 3.53. The quantitative estimate of drug-likeness (QED) is 0.643. The third-order valence-corrected chi connectivity index (χ3v) is 1.18. The first-order chi connectivity index (χ1) is 5.74. The Labute approximate surface area is 69.0 Å². The van der Waals surface area contributed by atoms with Crippen molar-refractivity contribution in [3.05, 3.63) is 17.5 Å². The van der Waals surface area contributed by atoms with Crippen molar-refractivity contribution >= 4 is 5.97 Å². The zero-order valence-electron chi connectivity index (χ0n) is 6.50. The van der Waals surface area contributed by atoms with Crippen LogP contribution in [0.5, 0.6) is 0 Å². The molecule has 0 aliphatic carbocycles. The number of aryl methyl sites for hydroxylation is 1. The van der Waals surface area contributed by atoms with Crippen LogP contribution in [0, 0.1) is 18.3 Å². The molecule has 0 amide bonds. The highest BCUT2D eigenvalue weighted by Gasteiger charge is 2.09. The molecule has 0 saturated heterocycles. The van der Waals surface area contributed by atoms with E-state index in [1.807, 2.05) is 0 Å². The number of nitrogens with one attached hydrogen (secondary N) is 1. The van der Waals surface area contributed by atoms with Gasteiger partial charge in [0.05, 0.1) is 0 Å². The number of aromatic amines is 1. The van der Waals surface area contributed by atoms with Gasteiger partial charge in [0, 0.05) is 5.69 Å². The van der Waals surface area contributed by atoms with Gasteiger partial charge >= 0.3 is 5.97 Å². The molecule has 0 fully saturated rings. The highest BCUT2D eigenvalue weighted by Crippen LogP contribution is 1.99.